The van der Waals surface area contributed by atoms with Crippen LogP contribution in [-0.2, 0) is 9.09 Å². The smallest absolute Gasteiger partial charge is 0.347 e. The van der Waals surface area contributed by atoms with Gasteiger partial charge in [-0.2, -0.15) is 0 Å². The number of aliphatic hydroxyl groups is 1. The molecule has 2 aromatic heterocycles. The number of aliphatic hydroxyl groups excluding tert-OH is 1. The Morgan fingerprint density at radius 1 is 1.27 bits per heavy atom. The molecule has 1 N–H and O–H groups in total. The predicted molar refractivity (Wildman–Crippen MR) is 119 cm³/mol. The Morgan fingerprint density at radius 3 is 2.73 bits per heavy atom. The Bertz CT molecular complexity index is 1360. The third-order valence-electron chi connectivity index (χ3n) is 5.35. The quantitative estimate of drug-likeness (QED) is 0.382. The van der Waals surface area contributed by atoms with Crippen molar-refractivity contribution in [3.8, 4) is 10.6 Å². The average Bonchev–Trinajstić information content (AvgIpc) is 3.13. The minimum Gasteiger partial charge on any atom is -0.422 e. The summed E-state index contributed by atoms with van der Waals surface area (Å²) in [4.78, 5) is 19.6. The number of hydrogen-bond donors (Lipinski definition) is 1. The van der Waals surface area contributed by atoms with Gasteiger partial charge in [0, 0.05) is 44.0 Å². The van der Waals surface area contributed by atoms with E-state index in [1.807, 2.05) is 35.2 Å². The molecule has 1 aliphatic heterocycles. The highest BCUT2D eigenvalue weighted by Gasteiger charge is 2.31. The van der Waals surface area contributed by atoms with E-state index in [9.17, 15) is 14.5 Å². The molecule has 7 nitrogen and oxygen atoms in total. The molecule has 3 heterocycles. The standard InChI is InChI=1S/C21H19N2O5PS/c1-27-29(2,26)19-14-8-7-12(23-10-13(24)11-23)9-16(14)28-21(25)18(19)20-22-15-5-3-4-6-17(15)30-20/h3-9,13,24H,10-11H2,1-2H3. The number of hydrogen-bond acceptors (Lipinski definition) is 8. The number of β-amino-alcohol motifs (C(OH)–C–C–N with tert-alkyl or cyclic N) is 1. The number of para-hydroxylation sites is 1. The number of nitrogens with zero attached hydrogens (tertiary/aromatic N) is 2. The third-order valence-corrected chi connectivity index (χ3v) is 8.38. The first kappa shape index (κ1) is 19.5. The highest BCUT2D eigenvalue weighted by molar-refractivity contribution is 7.67. The number of thiazole rings is 1. The molecule has 30 heavy (non-hydrogen) atoms. The SMILES string of the molecule is COP(C)(=O)c1c(-c2nc3ccccc3s2)c(=O)oc2cc(N3CC(O)C3)ccc12. The molecule has 154 valence electrons. The largest absolute Gasteiger partial charge is 0.422 e. The van der Waals surface area contributed by atoms with Gasteiger partial charge >= 0.3 is 5.63 Å². The predicted octanol–water partition coefficient (Wildman–Crippen LogP) is 3.43. The molecule has 2 aromatic carbocycles. The Labute approximate surface area is 176 Å². The van der Waals surface area contributed by atoms with Gasteiger partial charge in [-0.15, -0.1) is 11.3 Å². The van der Waals surface area contributed by atoms with E-state index in [0.29, 0.717) is 34.4 Å². The fourth-order valence-electron chi connectivity index (χ4n) is 3.72. The molecule has 0 aliphatic carbocycles. The molecule has 0 bridgehead atoms. The molecule has 1 unspecified atom stereocenters. The van der Waals surface area contributed by atoms with Crippen LogP contribution in [0.2, 0.25) is 0 Å². The monoisotopic (exact) mass is 442 g/mol. The minimum absolute atomic E-state index is 0.184. The second-order valence-electron chi connectivity index (χ2n) is 7.37. The van der Waals surface area contributed by atoms with Crippen LogP contribution in [0.1, 0.15) is 0 Å². The van der Waals surface area contributed by atoms with Crippen LogP contribution >= 0.6 is 18.7 Å². The number of fused-ring (bicyclic) bond motifs is 2. The molecule has 1 atom stereocenters. The van der Waals surface area contributed by atoms with E-state index in [4.69, 9.17) is 8.94 Å². The molecule has 0 radical (unpaired) electrons. The molecule has 0 saturated carbocycles. The molecule has 9 heteroatoms. The summed E-state index contributed by atoms with van der Waals surface area (Å²) in [6.07, 6.45) is -0.353. The number of rotatable bonds is 4. The van der Waals surface area contributed by atoms with E-state index < -0.39 is 13.0 Å². The van der Waals surface area contributed by atoms with Crippen LogP contribution in [0.4, 0.5) is 5.69 Å². The summed E-state index contributed by atoms with van der Waals surface area (Å²) in [5, 5.41) is 10.9. The van der Waals surface area contributed by atoms with Crippen LogP contribution in [0.25, 0.3) is 31.8 Å². The first-order valence-corrected chi connectivity index (χ1v) is 12.3. The molecule has 1 fully saturated rings. The Morgan fingerprint density at radius 2 is 2.03 bits per heavy atom. The molecular weight excluding hydrogens is 423 g/mol. The number of aromatic nitrogens is 1. The number of anilines is 1. The van der Waals surface area contributed by atoms with Gasteiger partial charge < -0.3 is 18.9 Å². The van der Waals surface area contributed by atoms with E-state index in [1.165, 1.54) is 25.1 Å². The zero-order valence-corrected chi connectivity index (χ0v) is 18.1. The van der Waals surface area contributed by atoms with Crippen LogP contribution in [0.3, 0.4) is 0 Å². The Hall–Kier alpha value is -2.51. The molecule has 1 saturated heterocycles. The van der Waals surface area contributed by atoms with Gasteiger partial charge in [-0.05, 0) is 24.3 Å². The summed E-state index contributed by atoms with van der Waals surface area (Å²) in [6.45, 7) is 2.55. The molecule has 4 aromatic rings. The zero-order chi connectivity index (χ0) is 21.0. The van der Waals surface area contributed by atoms with Crippen molar-refractivity contribution >= 4 is 50.9 Å². The van der Waals surface area contributed by atoms with Crippen LogP contribution in [0.5, 0.6) is 0 Å². The lowest BCUT2D eigenvalue weighted by Crippen LogP contribution is -2.50. The molecular formula is C21H19N2O5PS. The van der Waals surface area contributed by atoms with Gasteiger partial charge in [0.1, 0.15) is 16.2 Å². The van der Waals surface area contributed by atoms with Gasteiger partial charge in [-0.25, -0.2) is 9.78 Å². The van der Waals surface area contributed by atoms with Crippen LogP contribution in [-0.4, -0.2) is 43.1 Å². The van der Waals surface area contributed by atoms with Crippen LogP contribution in [0, 0.1) is 0 Å². The van der Waals surface area contributed by atoms with Crippen LogP contribution in [0.15, 0.2) is 51.7 Å². The maximum absolute atomic E-state index is 13.4. The van der Waals surface area contributed by atoms with Gasteiger partial charge in [0.05, 0.1) is 21.6 Å². The lowest BCUT2D eigenvalue weighted by atomic mass is 10.1. The summed E-state index contributed by atoms with van der Waals surface area (Å²) in [5.41, 5.74) is 1.51. The van der Waals surface area contributed by atoms with E-state index in [1.54, 1.807) is 12.1 Å². The van der Waals surface area contributed by atoms with Gasteiger partial charge in [0.25, 0.3) is 0 Å². The first-order chi connectivity index (χ1) is 14.4. The lowest BCUT2D eigenvalue weighted by Gasteiger charge is -2.37. The van der Waals surface area contributed by atoms with Gasteiger partial charge in [-0.1, -0.05) is 12.1 Å². The van der Waals surface area contributed by atoms with Crippen molar-refractivity contribution in [3.05, 3.63) is 52.9 Å². The maximum Gasteiger partial charge on any atom is 0.347 e. The van der Waals surface area contributed by atoms with Crippen molar-refractivity contribution in [2.75, 3.05) is 31.8 Å². The maximum atomic E-state index is 13.4. The van der Waals surface area contributed by atoms with E-state index >= 15 is 0 Å². The highest BCUT2D eigenvalue weighted by atomic mass is 32.1. The van der Waals surface area contributed by atoms with Crippen molar-refractivity contribution in [2.24, 2.45) is 0 Å². The van der Waals surface area contributed by atoms with Crippen molar-refractivity contribution in [1.82, 2.24) is 4.98 Å². The zero-order valence-electron chi connectivity index (χ0n) is 16.4. The minimum atomic E-state index is -3.33. The Balaban J connectivity index is 1.78. The normalized spacial score (nSPS) is 16.7. The highest BCUT2D eigenvalue weighted by Crippen LogP contribution is 2.46. The van der Waals surface area contributed by atoms with E-state index in [-0.39, 0.29) is 11.7 Å². The molecule has 1 aliphatic rings. The topological polar surface area (TPSA) is 92.9 Å². The first-order valence-electron chi connectivity index (χ1n) is 9.41. The number of benzene rings is 2. The summed E-state index contributed by atoms with van der Waals surface area (Å²) < 4.78 is 25.4. The van der Waals surface area contributed by atoms with Crippen molar-refractivity contribution in [3.63, 3.8) is 0 Å². The summed E-state index contributed by atoms with van der Waals surface area (Å²) in [5.74, 6) is 0. The summed E-state index contributed by atoms with van der Waals surface area (Å²) >= 11 is 1.35. The van der Waals surface area contributed by atoms with E-state index in [0.717, 1.165) is 15.9 Å². The molecule has 0 amide bonds. The molecule has 5 rings (SSSR count). The van der Waals surface area contributed by atoms with Crippen molar-refractivity contribution in [1.29, 1.82) is 0 Å². The summed E-state index contributed by atoms with van der Waals surface area (Å²) in [6, 6.07) is 13.0. The lowest BCUT2D eigenvalue weighted by molar-refractivity contribution is 0.142. The van der Waals surface area contributed by atoms with Crippen molar-refractivity contribution < 1.29 is 18.6 Å². The Kier molecular flexibility index (Phi) is 4.56. The van der Waals surface area contributed by atoms with Crippen molar-refractivity contribution in [2.45, 2.75) is 6.10 Å². The van der Waals surface area contributed by atoms with E-state index in [2.05, 4.69) is 4.98 Å². The van der Waals surface area contributed by atoms with Crippen LogP contribution < -0.4 is 15.8 Å². The molecule has 0 spiro atoms. The van der Waals surface area contributed by atoms with Gasteiger partial charge in [0.15, 0.2) is 0 Å². The second kappa shape index (κ2) is 7.03. The fourth-order valence-corrected chi connectivity index (χ4v) is 6.21. The second-order valence-corrected chi connectivity index (χ2v) is 10.9. The fraction of sp³-hybridized carbons (Fsp3) is 0.238. The summed E-state index contributed by atoms with van der Waals surface area (Å²) in [7, 11) is -1.96. The van der Waals surface area contributed by atoms with Gasteiger partial charge in [-0.3, -0.25) is 4.57 Å². The average molecular weight is 442 g/mol. The third kappa shape index (κ3) is 3.08. The van der Waals surface area contributed by atoms with Gasteiger partial charge in [0.2, 0.25) is 7.37 Å².